The summed E-state index contributed by atoms with van der Waals surface area (Å²) in [5.41, 5.74) is 6.03. The summed E-state index contributed by atoms with van der Waals surface area (Å²) in [6.45, 7) is 15.5. The van der Waals surface area contributed by atoms with E-state index in [-0.39, 0.29) is 0 Å². The molecule has 2 rings (SSSR count). The molecule has 2 heteroatoms. The summed E-state index contributed by atoms with van der Waals surface area (Å²) in [5, 5.41) is 0. The fourth-order valence-electron chi connectivity index (χ4n) is 2.89. The van der Waals surface area contributed by atoms with Crippen molar-refractivity contribution in [3.05, 3.63) is 47.2 Å². The molecule has 19 heavy (non-hydrogen) atoms. The third kappa shape index (κ3) is 4.05. The van der Waals surface area contributed by atoms with Crippen LogP contribution in [-0.4, -0.2) is 26.1 Å². The van der Waals surface area contributed by atoms with Gasteiger partial charge in [-0.2, -0.15) is 0 Å². The molecule has 0 spiro atoms. The summed E-state index contributed by atoms with van der Waals surface area (Å²) in [6, 6.07) is 10.8. The Kier molecular flexibility index (Phi) is 4.02. The van der Waals surface area contributed by atoms with Gasteiger partial charge < -0.3 is 0 Å². The molecule has 1 nitrogen and oxygen atoms in total. The lowest BCUT2D eigenvalue weighted by molar-refractivity contribution is 0.286. The SMILES string of the molecule is CC1(C)CN(Cc2ccccc2)CC1=C[Si](C)(C)C. The average Bonchev–Trinajstić information content (AvgIpc) is 2.52. The molecule has 0 amide bonds. The van der Waals surface area contributed by atoms with Gasteiger partial charge in [0.05, 0.1) is 8.07 Å². The van der Waals surface area contributed by atoms with Crippen LogP contribution in [0.15, 0.2) is 41.6 Å². The van der Waals surface area contributed by atoms with Crippen molar-refractivity contribution in [2.45, 2.75) is 40.0 Å². The van der Waals surface area contributed by atoms with Gasteiger partial charge in [0.15, 0.2) is 0 Å². The van der Waals surface area contributed by atoms with Gasteiger partial charge in [-0.1, -0.05) is 75.1 Å². The van der Waals surface area contributed by atoms with E-state index in [1.807, 2.05) is 0 Å². The molecular weight excluding hydrogens is 246 g/mol. The first-order valence-electron chi connectivity index (χ1n) is 7.25. The highest BCUT2D eigenvalue weighted by atomic mass is 28.3. The lowest BCUT2D eigenvalue weighted by Crippen LogP contribution is -2.23. The van der Waals surface area contributed by atoms with Gasteiger partial charge in [-0.05, 0) is 11.0 Å². The zero-order valence-corrected chi connectivity index (χ0v) is 14.0. The third-order valence-corrected chi connectivity index (χ3v) is 4.95. The van der Waals surface area contributed by atoms with Crippen LogP contribution in [0.5, 0.6) is 0 Å². The van der Waals surface area contributed by atoms with Gasteiger partial charge >= 0.3 is 0 Å². The standard InChI is InChI=1S/C17H27NSi/c1-17(2)14-18(11-15-9-7-6-8-10-15)12-16(17)13-19(3,4)5/h6-10,13H,11-12,14H2,1-5H3. The van der Waals surface area contributed by atoms with E-state index in [0.29, 0.717) is 5.41 Å². The molecule has 0 saturated carbocycles. The van der Waals surface area contributed by atoms with Crippen molar-refractivity contribution in [1.82, 2.24) is 4.90 Å². The Morgan fingerprint density at radius 3 is 2.37 bits per heavy atom. The van der Waals surface area contributed by atoms with E-state index in [9.17, 15) is 0 Å². The maximum absolute atomic E-state index is 2.61. The van der Waals surface area contributed by atoms with Crippen LogP contribution in [0.3, 0.4) is 0 Å². The highest BCUT2D eigenvalue weighted by Gasteiger charge is 2.34. The van der Waals surface area contributed by atoms with E-state index in [4.69, 9.17) is 0 Å². The molecule has 1 aromatic rings. The molecule has 1 heterocycles. The van der Waals surface area contributed by atoms with Gasteiger partial charge in [0.1, 0.15) is 0 Å². The zero-order chi connectivity index (χ0) is 14.1. The monoisotopic (exact) mass is 273 g/mol. The van der Waals surface area contributed by atoms with Crippen LogP contribution in [0.4, 0.5) is 0 Å². The minimum atomic E-state index is -1.12. The molecule has 0 radical (unpaired) electrons. The smallest absolute Gasteiger partial charge is 0.0687 e. The van der Waals surface area contributed by atoms with Crippen LogP contribution in [-0.2, 0) is 6.54 Å². The molecule has 1 aromatic carbocycles. The average molecular weight is 273 g/mol. The summed E-state index contributed by atoms with van der Waals surface area (Å²) < 4.78 is 0. The minimum absolute atomic E-state index is 0.342. The lowest BCUT2D eigenvalue weighted by Gasteiger charge is -2.22. The summed E-state index contributed by atoms with van der Waals surface area (Å²) in [6.07, 6.45) is 0. The third-order valence-electron chi connectivity index (χ3n) is 3.74. The van der Waals surface area contributed by atoms with Gasteiger partial charge in [-0.3, -0.25) is 4.90 Å². The molecule has 1 aliphatic heterocycles. The van der Waals surface area contributed by atoms with Crippen molar-refractivity contribution < 1.29 is 0 Å². The van der Waals surface area contributed by atoms with Gasteiger partial charge in [0.25, 0.3) is 0 Å². The van der Waals surface area contributed by atoms with Crippen molar-refractivity contribution in [3.63, 3.8) is 0 Å². The summed E-state index contributed by atoms with van der Waals surface area (Å²) in [7, 11) is -1.12. The Bertz CT molecular complexity index is 454. The van der Waals surface area contributed by atoms with Crippen LogP contribution in [0.1, 0.15) is 19.4 Å². The number of hydrogen-bond acceptors (Lipinski definition) is 1. The van der Waals surface area contributed by atoms with Crippen LogP contribution in [0, 0.1) is 5.41 Å². The highest BCUT2D eigenvalue weighted by molar-refractivity contribution is 6.81. The van der Waals surface area contributed by atoms with Crippen molar-refractivity contribution in [2.24, 2.45) is 5.41 Å². The molecule has 1 saturated heterocycles. The summed E-state index contributed by atoms with van der Waals surface area (Å²) in [5.74, 6) is 0. The Hall–Kier alpha value is -0.863. The first-order valence-corrected chi connectivity index (χ1v) is 10.8. The predicted molar refractivity (Wildman–Crippen MR) is 86.9 cm³/mol. The van der Waals surface area contributed by atoms with E-state index < -0.39 is 8.07 Å². The zero-order valence-electron chi connectivity index (χ0n) is 13.0. The molecule has 0 atom stereocenters. The number of nitrogens with zero attached hydrogens (tertiary/aromatic N) is 1. The fourth-order valence-corrected chi connectivity index (χ4v) is 4.42. The minimum Gasteiger partial charge on any atom is -0.294 e. The predicted octanol–water partition coefficient (Wildman–Crippen LogP) is 4.33. The van der Waals surface area contributed by atoms with Gasteiger partial charge in [0, 0.05) is 19.6 Å². The first kappa shape index (κ1) is 14.5. The van der Waals surface area contributed by atoms with E-state index in [1.54, 1.807) is 5.57 Å². The summed E-state index contributed by atoms with van der Waals surface area (Å²) in [4.78, 5) is 2.58. The second kappa shape index (κ2) is 5.26. The Morgan fingerprint density at radius 1 is 1.16 bits per heavy atom. The van der Waals surface area contributed by atoms with E-state index in [2.05, 4.69) is 74.4 Å². The molecule has 104 valence electrons. The topological polar surface area (TPSA) is 3.24 Å². The van der Waals surface area contributed by atoms with Crippen molar-refractivity contribution in [3.8, 4) is 0 Å². The lowest BCUT2D eigenvalue weighted by atomic mass is 9.89. The number of hydrogen-bond donors (Lipinski definition) is 0. The van der Waals surface area contributed by atoms with Crippen LogP contribution < -0.4 is 0 Å². The maximum Gasteiger partial charge on any atom is 0.0687 e. The molecule has 0 aromatic heterocycles. The number of rotatable bonds is 3. The Morgan fingerprint density at radius 2 is 1.79 bits per heavy atom. The molecule has 0 N–H and O–H groups in total. The molecule has 0 aliphatic carbocycles. The van der Waals surface area contributed by atoms with Crippen molar-refractivity contribution in [1.29, 1.82) is 0 Å². The van der Waals surface area contributed by atoms with Crippen molar-refractivity contribution in [2.75, 3.05) is 13.1 Å². The molecular formula is C17H27NSi. The maximum atomic E-state index is 2.61. The molecule has 1 fully saturated rings. The van der Waals surface area contributed by atoms with Crippen LogP contribution >= 0.6 is 0 Å². The molecule has 1 aliphatic rings. The Labute approximate surface area is 119 Å². The van der Waals surface area contributed by atoms with Crippen LogP contribution in [0.25, 0.3) is 0 Å². The van der Waals surface area contributed by atoms with Gasteiger partial charge in [-0.25, -0.2) is 0 Å². The normalized spacial score (nSPS) is 22.1. The van der Waals surface area contributed by atoms with E-state index in [1.165, 1.54) is 12.1 Å². The first-order chi connectivity index (χ1) is 8.76. The molecule has 0 unspecified atom stereocenters. The van der Waals surface area contributed by atoms with E-state index >= 15 is 0 Å². The Balaban J connectivity index is 2.10. The van der Waals surface area contributed by atoms with Gasteiger partial charge in [0.2, 0.25) is 0 Å². The highest BCUT2D eigenvalue weighted by Crippen LogP contribution is 2.36. The summed E-state index contributed by atoms with van der Waals surface area (Å²) >= 11 is 0. The number of likely N-dealkylation sites (tertiary alicyclic amines) is 1. The second-order valence-corrected chi connectivity index (χ2v) is 12.6. The van der Waals surface area contributed by atoms with Crippen LogP contribution in [0.2, 0.25) is 19.6 Å². The van der Waals surface area contributed by atoms with Crippen molar-refractivity contribution >= 4 is 8.07 Å². The number of benzene rings is 1. The molecule has 0 bridgehead atoms. The van der Waals surface area contributed by atoms with E-state index in [0.717, 1.165) is 13.1 Å². The largest absolute Gasteiger partial charge is 0.294 e. The van der Waals surface area contributed by atoms with Gasteiger partial charge in [-0.15, -0.1) is 0 Å². The fraction of sp³-hybridized carbons (Fsp3) is 0.529. The second-order valence-electron chi connectivity index (χ2n) is 7.55. The quantitative estimate of drug-likeness (QED) is 0.741.